The Morgan fingerprint density at radius 1 is 1.25 bits per heavy atom. The van der Waals surface area contributed by atoms with Crippen LogP contribution in [0.15, 0.2) is 48.9 Å². The first kappa shape index (κ1) is 18.0. The maximum absolute atomic E-state index is 12.6. The molecule has 144 valence electrons. The summed E-state index contributed by atoms with van der Waals surface area (Å²) < 4.78 is 5.37. The lowest BCUT2D eigenvalue weighted by Gasteiger charge is -2.32. The number of rotatable bonds is 5. The Bertz CT molecular complexity index is 935. The molecule has 28 heavy (non-hydrogen) atoms. The van der Waals surface area contributed by atoms with Gasteiger partial charge in [0.15, 0.2) is 0 Å². The molecular formula is C20H22N6O2. The van der Waals surface area contributed by atoms with Gasteiger partial charge in [-0.2, -0.15) is 5.10 Å². The van der Waals surface area contributed by atoms with Crippen molar-refractivity contribution in [1.29, 1.82) is 0 Å². The number of ether oxygens (including phenoxy) is 1. The third kappa shape index (κ3) is 3.80. The Morgan fingerprint density at radius 3 is 2.82 bits per heavy atom. The summed E-state index contributed by atoms with van der Waals surface area (Å²) in [6.07, 6.45) is 6.84. The van der Waals surface area contributed by atoms with E-state index in [1.54, 1.807) is 31.8 Å². The van der Waals surface area contributed by atoms with Crippen molar-refractivity contribution >= 4 is 11.7 Å². The molecule has 2 aromatic heterocycles. The lowest BCUT2D eigenvalue weighted by molar-refractivity contribution is 0.0926. The maximum Gasteiger partial charge on any atom is 0.269 e. The van der Waals surface area contributed by atoms with E-state index in [0.29, 0.717) is 11.4 Å². The monoisotopic (exact) mass is 378 g/mol. The lowest BCUT2D eigenvalue weighted by atomic mass is 10.0. The van der Waals surface area contributed by atoms with E-state index in [-0.39, 0.29) is 11.9 Å². The number of carbonyl (C=O) groups is 1. The number of aromatic nitrogens is 4. The molecule has 1 aliphatic rings. The number of carbonyl (C=O) groups excluding carboxylic acids is 1. The number of benzene rings is 1. The molecule has 0 spiro atoms. The van der Waals surface area contributed by atoms with E-state index >= 15 is 0 Å². The van der Waals surface area contributed by atoms with Crippen LogP contribution in [0.25, 0.3) is 11.3 Å². The van der Waals surface area contributed by atoms with Crippen molar-refractivity contribution < 1.29 is 9.53 Å². The normalized spacial score (nSPS) is 14.7. The highest BCUT2D eigenvalue weighted by Crippen LogP contribution is 2.28. The number of aromatic amines is 1. The van der Waals surface area contributed by atoms with Crippen LogP contribution < -0.4 is 15.0 Å². The van der Waals surface area contributed by atoms with E-state index in [0.717, 1.165) is 43.1 Å². The van der Waals surface area contributed by atoms with E-state index in [9.17, 15) is 4.79 Å². The summed E-state index contributed by atoms with van der Waals surface area (Å²) in [7, 11) is 1.62. The average molecular weight is 378 g/mol. The van der Waals surface area contributed by atoms with Gasteiger partial charge in [-0.1, -0.05) is 12.1 Å². The van der Waals surface area contributed by atoms with Crippen molar-refractivity contribution in [3.63, 3.8) is 0 Å². The minimum absolute atomic E-state index is 0.124. The second kappa shape index (κ2) is 8.08. The Hall–Kier alpha value is -3.42. The Kier molecular flexibility index (Phi) is 5.18. The molecule has 0 radical (unpaired) electrons. The highest BCUT2D eigenvalue weighted by atomic mass is 16.5. The average Bonchev–Trinajstić information content (AvgIpc) is 3.25. The zero-order valence-electron chi connectivity index (χ0n) is 15.6. The number of H-pyrrole nitrogens is 1. The van der Waals surface area contributed by atoms with Gasteiger partial charge >= 0.3 is 0 Å². The summed E-state index contributed by atoms with van der Waals surface area (Å²) in [5.74, 6) is 1.45. The third-order valence-electron chi connectivity index (χ3n) is 4.91. The quantitative estimate of drug-likeness (QED) is 0.707. The second-order valence-corrected chi connectivity index (χ2v) is 6.67. The van der Waals surface area contributed by atoms with Gasteiger partial charge in [0.25, 0.3) is 5.91 Å². The van der Waals surface area contributed by atoms with Gasteiger partial charge in [-0.05, 0) is 31.0 Å². The highest BCUT2D eigenvalue weighted by Gasteiger charge is 2.23. The van der Waals surface area contributed by atoms with E-state index in [1.165, 1.54) is 0 Å². The molecule has 1 saturated heterocycles. The van der Waals surface area contributed by atoms with Crippen LogP contribution in [0.2, 0.25) is 0 Å². The van der Waals surface area contributed by atoms with E-state index in [4.69, 9.17) is 4.74 Å². The van der Waals surface area contributed by atoms with Crippen molar-refractivity contribution in [3.8, 4) is 17.0 Å². The number of para-hydroxylation sites is 1. The molecule has 3 heterocycles. The topological polar surface area (TPSA) is 96.0 Å². The fourth-order valence-corrected chi connectivity index (χ4v) is 3.40. The van der Waals surface area contributed by atoms with Gasteiger partial charge in [-0.15, -0.1) is 0 Å². The number of methoxy groups -OCH3 is 1. The van der Waals surface area contributed by atoms with Crippen LogP contribution >= 0.6 is 0 Å². The molecule has 0 atom stereocenters. The van der Waals surface area contributed by atoms with Crippen LogP contribution in [0.5, 0.6) is 5.75 Å². The molecule has 2 N–H and O–H groups in total. The number of nitrogens with one attached hydrogen (secondary N) is 2. The van der Waals surface area contributed by atoms with Crippen LogP contribution in [-0.4, -0.2) is 52.3 Å². The zero-order valence-corrected chi connectivity index (χ0v) is 15.6. The first-order valence-corrected chi connectivity index (χ1v) is 9.25. The zero-order chi connectivity index (χ0) is 19.3. The molecule has 0 aliphatic carbocycles. The summed E-state index contributed by atoms with van der Waals surface area (Å²) in [6.45, 7) is 1.66. The number of hydrogen-bond acceptors (Lipinski definition) is 6. The van der Waals surface area contributed by atoms with Crippen LogP contribution in [0, 0.1) is 0 Å². The van der Waals surface area contributed by atoms with Crippen LogP contribution in [-0.2, 0) is 0 Å². The van der Waals surface area contributed by atoms with Crippen LogP contribution in [0.1, 0.15) is 23.3 Å². The Labute approximate surface area is 163 Å². The predicted octanol–water partition coefficient (Wildman–Crippen LogP) is 2.27. The van der Waals surface area contributed by atoms with E-state index in [2.05, 4.69) is 30.4 Å². The minimum Gasteiger partial charge on any atom is -0.496 e. The minimum atomic E-state index is -0.147. The number of anilines is 1. The standard InChI is InChI=1S/C20H22N6O2/c1-28-18-5-3-2-4-15(18)16-12-17(25-24-16)20(27)23-14-6-10-26(11-7-14)19-13-21-8-9-22-19/h2-5,8-9,12-14H,6-7,10-11H2,1H3,(H,23,27)(H,24,25). The van der Waals surface area contributed by atoms with Gasteiger partial charge in [-0.3, -0.25) is 14.9 Å². The maximum atomic E-state index is 12.6. The first-order chi connectivity index (χ1) is 13.7. The number of amides is 1. The summed E-state index contributed by atoms with van der Waals surface area (Å²) in [6, 6.07) is 9.47. The van der Waals surface area contributed by atoms with Gasteiger partial charge in [-0.25, -0.2) is 4.98 Å². The molecule has 1 amide bonds. The van der Waals surface area contributed by atoms with Crippen molar-refractivity contribution in [2.75, 3.05) is 25.1 Å². The number of hydrogen-bond donors (Lipinski definition) is 2. The largest absolute Gasteiger partial charge is 0.496 e. The smallest absolute Gasteiger partial charge is 0.269 e. The number of piperidine rings is 1. The van der Waals surface area contributed by atoms with E-state index in [1.807, 2.05) is 24.3 Å². The highest BCUT2D eigenvalue weighted by molar-refractivity contribution is 5.93. The van der Waals surface area contributed by atoms with Gasteiger partial charge in [0.1, 0.15) is 17.3 Å². The van der Waals surface area contributed by atoms with Crippen LogP contribution in [0.3, 0.4) is 0 Å². The summed E-state index contributed by atoms with van der Waals surface area (Å²) in [5, 5.41) is 10.2. The molecule has 0 bridgehead atoms. The number of nitrogens with zero attached hydrogens (tertiary/aromatic N) is 4. The molecule has 1 fully saturated rings. The van der Waals surface area contributed by atoms with Crippen molar-refractivity contribution in [3.05, 3.63) is 54.6 Å². The van der Waals surface area contributed by atoms with Crippen LogP contribution in [0.4, 0.5) is 5.82 Å². The molecule has 8 nitrogen and oxygen atoms in total. The van der Waals surface area contributed by atoms with E-state index < -0.39 is 0 Å². The fraction of sp³-hybridized carbons (Fsp3) is 0.300. The van der Waals surface area contributed by atoms with Gasteiger partial charge in [0.2, 0.25) is 0 Å². The molecule has 1 aliphatic heterocycles. The van der Waals surface area contributed by atoms with Gasteiger partial charge < -0.3 is 15.0 Å². The lowest BCUT2D eigenvalue weighted by Crippen LogP contribution is -2.45. The fourth-order valence-electron chi connectivity index (χ4n) is 3.40. The summed E-state index contributed by atoms with van der Waals surface area (Å²) in [4.78, 5) is 23.2. The Balaban J connectivity index is 1.37. The summed E-state index contributed by atoms with van der Waals surface area (Å²) in [5.41, 5.74) is 1.97. The van der Waals surface area contributed by atoms with Crippen molar-refractivity contribution in [1.82, 2.24) is 25.5 Å². The molecular weight excluding hydrogens is 356 g/mol. The second-order valence-electron chi connectivity index (χ2n) is 6.67. The molecule has 8 heteroatoms. The first-order valence-electron chi connectivity index (χ1n) is 9.25. The third-order valence-corrected chi connectivity index (χ3v) is 4.91. The molecule has 4 rings (SSSR count). The summed E-state index contributed by atoms with van der Waals surface area (Å²) >= 11 is 0. The molecule has 0 unspecified atom stereocenters. The molecule has 0 saturated carbocycles. The van der Waals surface area contributed by atoms with Crippen molar-refractivity contribution in [2.24, 2.45) is 0 Å². The predicted molar refractivity (Wildman–Crippen MR) is 105 cm³/mol. The molecule has 1 aromatic carbocycles. The van der Waals surface area contributed by atoms with Gasteiger partial charge in [0, 0.05) is 37.1 Å². The van der Waals surface area contributed by atoms with Crippen molar-refractivity contribution in [2.45, 2.75) is 18.9 Å². The molecule has 3 aromatic rings. The Morgan fingerprint density at radius 2 is 2.07 bits per heavy atom. The van der Waals surface area contributed by atoms with Gasteiger partial charge in [0.05, 0.1) is 19.0 Å². The SMILES string of the molecule is COc1ccccc1-c1cc(C(=O)NC2CCN(c3cnccn3)CC2)[nH]n1.